The highest BCUT2D eigenvalue weighted by Crippen LogP contribution is 2.38. The van der Waals surface area contributed by atoms with Crippen LogP contribution in [0.5, 0.6) is 0 Å². The van der Waals surface area contributed by atoms with Crippen LogP contribution in [0.1, 0.15) is 64.7 Å². The van der Waals surface area contributed by atoms with Crippen molar-refractivity contribution in [2.45, 2.75) is 70.8 Å². The summed E-state index contributed by atoms with van der Waals surface area (Å²) in [5.74, 6) is 5.60. The molecule has 3 unspecified atom stereocenters. The fourth-order valence-corrected chi connectivity index (χ4v) is 3.59. The van der Waals surface area contributed by atoms with E-state index in [9.17, 15) is 0 Å². The topological polar surface area (TPSA) is 12.0 Å². The van der Waals surface area contributed by atoms with E-state index in [-0.39, 0.29) is 0 Å². The zero-order chi connectivity index (χ0) is 12.8. The monoisotopic (exact) mass is 247 g/mol. The third kappa shape index (κ3) is 4.32. The Hall–Kier alpha value is -0.480. The maximum Gasteiger partial charge on any atom is 0.00888 e. The van der Waals surface area contributed by atoms with Crippen molar-refractivity contribution in [2.75, 3.05) is 6.54 Å². The lowest BCUT2D eigenvalue weighted by Gasteiger charge is -2.36. The zero-order valence-electron chi connectivity index (χ0n) is 12.0. The molecule has 1 heteroatoms. The standard InChI is InChI=1S/C17H29N/c1-3-5-7-15-12-14(6-4-2)8-9-16(15)13-18-17-10-11-17/h1,14-18H,4-13H2,2H3. The van der Waals surface area contributed by atoms with Crippen molar-refractivity contribution in [3.63, 3.8) is 0 Å². The van der Waals surface area contributed by atoms with E-state index in [1.165, 1.54) is 57.9 Å². The smallest absolute Gasteiger partial charge is 0.00888 e. The molecule has 2 rings (SSSR count). The molecule has 1 nitrogen and oxygen atoms in total. The first kappa shape index (κ1) is 13.9. The van der Waals surface area contributed by atoms with Gasteiger partial charge in [-0.25, -0.2) is 0 Å². The van der Waals surface area contributed by atoms with Crippen molar-refractivity contribution < 1.29 is 0 Å². The molecule has 0 saturated heterocycles. The molecule has 0 radical (unpaired) electrons. The number of hydrogen-bond donors (Lipinski definition) is 1. The molecule has 0 amide bonds. The van der Waals surface area contributed by atoms with E-state index < -0.39 is 0 Å². The lowest BCUT2D eigenvalue weighted by Crippen LogP contribution is -2.34. The molecule has 3 atom stereocenters. The van der Waals surface area contributed by atoms with Gasteiger partial charge >= 0.3 is 0 Å². The lowest BCUT2D eigenvalue weighted by molar-refractivity contribution is 0.160. The fourth-order valence-electron chi connectivity index (χ4n) is 3.59. The van der Waals surface area contributed by atoms with Gasteiger partial charge in [0.15, 0.2) is 0 Å². The molecule has 0 aromatic carbocycles. The maximum atomic E-state index is 5.45. The van der Waals surface area contributed by atoms with Crippen molar-refractivity contribution in [1.29, 1.82) is 0 Å². The van der Waals surface area contributed by atoms with Crippen molar-refractivity contribution in [1.82, 2.24) is 5.32 Å². The molecule has 0 aliphatic heterocycles. The molecule has 2 aliphatic rings. The Morgan fingerprint density at radius 3 is 2.61 bits per heavy atom. The van der Waals surface area contributed by atoms with Crippen molar-refractivity contribution in [2.24, 2.45) is 17.8 Å². The maximum absolute atomic E-state index is 5.45. The summed E-state index contributed by atoms with van der Waals surface area (Å²) in [6, 6.07) is 0.853. The molecule has 0 spiro atoms. The Kier molecular flexibility index (Phi) is 5.57. The highest BCUT2D eigenvalue weighted by atomic mass is 14.9. The van der Waals surface area contributed by atoms with E-state index in [1.807, 2.05) is 0 Å². The first-order valence-electron chi connectivity index (χ1n) is 8.00. The van der Waals surface area contributed by atoms with Crippen LogP contribution in [0.3, 0.4) is 0 Å². The predicted molar refractivity (Wildman–Crippen MR) is 78.3 cm³/mol. The van der Waals surface area contributed by atoms with Gasteiger partial charge in [0.05, 0.1) is 0 Å². The zero-order valence-corrected chi connectivity index (χ0v) is 12.0. The second kappa shape index (κ2) is 7.19. The molecular weight excluding hydrogens is 218 g/mol. The molecule has 18 heavy (non-hydrogen) atoms. The van der Waals surface area contributed by atoms with Crippen LogP contribution in [0.15, 0.2) is 0 Å². The molecule has 0 aromatic heterocycles. The third-order valence-electron chi connectivity index (χ3n) is 4.85. The van der Waals surface area contributed by atoms with Crippen LogP contribution in [0, 0.1) is 30.1 Å². The van der Waals surface area contributed by atoms with Gasteiger partial charge in [0.2, 0.25) is 0 Å². The van der Waals surface area contributed by atoms with Gasteiger partial charge in [-0.3, -0.25) is 0 Å². The minimum absolute atomic E-state index is 0.853. The van der Waals surface area contributed by atoms with E-state index in [1.54, 1.807) is 0 Å². The Labute approximate surface area is 113 Å². The molecule has 2 fully saturated rings. The molecular formula is C17H29N. The van der Waals surface area contributed by atoms with E-state index in [0.717, 1.165) is 30.2 Å². The lowest BCUT2D eigenvalue weighted by atomic mass is 9.71. The molecule has 1 N–H and O–H groups in total. The fraction of sp³-hybridized carbons (Fsp3) is 0.882. The summed E-state index contributed by atoms with van der Waals surface area (Å²) in [6.45, 7) is 3.57. The van der Waals surface area contributed by atoms with E-state index in [4.69, 9.17) is 6.42 Å². The van der Waals surface area contributed by atoms with E-state index >= 15 is 0 Å². The largest absolute Gasteiger partial charge is 0.314 e. The number of rotatable bonds is 7. The van der Waals surface area contributed by atoms with Crippen molar-refractivity contribution >= 4 is 0 Å². The first-order valence-corrected chi connectivity index (χ1v) is 8.00. The van der Waals surface area contributed by atoms with Gasteiger partial charge in [-0.2, -0.15) is 0 Å². The second-order valence-corrected chi connectivity index (χ2v) is 6.41. The quantitative estimate of drug-likeness (QED) is 0.671. The van der Waals surface area contributed by atoms with Gasteiger partial charge in [0.25, 0.3) is 0 Å². The summed E-state index contributed by atoms with van der Waals surface area (Å²) in [4.78, 5) is 0. The number of nitrogens with one attached hydrogen (secondary N) is 1. The third-order valence-corrected chi connectivity index (χ3v) is 4.85. The highest BCUT2D eigenvalue weighted by molar-refractivity contribution is 4.89. The average molecular weight is 247 g/mol. The van der Waals surface area contributed by atoms with Crippen LogP contribution in [-0.4, -0.2) is 12.6 Å². The molecule has 2 aliphatic carbocycles. The average Bonchev–Trinajstić information content (AvgIpc) is 3.19. The van der Waals surface area contributed by atoms with Crippen molar-refractivity contribution in [3.05, 3.63) is 0 Å². The number of hydrogen-bond acceptors (Lipinski definition) is 1. The Morgan fingerprint density at radius 2 is 1.94 bits per heavy atom. The number of terminal acetylenes is 1. The summed E-state index contributed by atoms with van der Waals surface area (Å²) >= 11 is 0. The second-order valence-electron chi connectivity index (χ2n) is 6.41. The summed E-state index contributed by atoms with van der Waals surface area (Å²) < 4.78 is 0. The minimum Gasteiger partial charge on any atom is -0.314 e. The van der Waals surface area contributed by atoms with Gasteiger partial charge in [-0.05, 0) is 56.4 Å². The SMILES string of the molecule is C#CCCC1CC(CCC)CCC1CNC1CC1. The van der Waals surface area contributed by atoms with Crippen LogP contribution in [0.2, 0.25) is 0 Å². The van der Waals surface area contributed by atoms with E-state index in [0.29, 0.717) is 0 Å². The summed E-state index contributed by atoms with van der Waals surface area (Å²) in [7, 11) is 0. The van der Waals surface area contributed by atoms with Gasteiger partial charge in [-0.15, -0.1) is 12.3 Å². The summed E-state index contributed by atoms with van der Waals surface area (Å²) in [5, 5.41) is 3.73. The van der Waals surface area contributed by atoms with Gasteiger partial charge in [-0.1, -0.05) is 26.2 Å². The molecule has 2 saturated carbocycles. The summed E-state index contributed by atoms with van der Waals surface area (Å²) in [5.41, 5.74) is 0. The van der Waals surface area contributed by atoms with Gasteiger partial charge in [0.1, 0.15) is 0 Å². The molecule has 0 bridgehead atoms. The van der Waals surface area contributed by atoms with E-state index in [2.05, 4.69) is 18.2 Å². The summed E-state index contributed by atoms with van der Waals surface area (Å²) in [6.07, 6.45) is 17.6. The predicted octanol–water partition coefficient (Wildman–Crippen LogP) is 3.98. The van der Waals surface area contributed by atoms with Gasteiger partial charge in [0, 0.05) is 12.5 Å². The first-order chi connectivity index (χ1) is 8.83. The Bertz CT molecular complexity index is 274. The normalized spacial score (nSPS) is 32.1. The van der Waals surface area contributed by atoms with Crippen LogP contribution in [0.4, 0.5) is 0 Å². The van der Waals surface area contributed by atoms with Crippen LogP contribution in [0.25, 0.3) is 0 Å². The minimum atomic E-state index is 0.853. The Balaban J connectivity index is 1.79. The van der Waals surface area contributed by atoms with Crippen molar-refractivity contribution in [3.8, 4) is 12.3 Å². The molecule has 0 heterocycles. The van der Waals surface area contributed by atoms with Crippen LogP contribution < -0.4 is 5.32 Å². The Morgan fingerprint density at radius 1 is 1.11 bits per heavy atom. The van der Waals surface area contributed by atoms with Crippen LogP contribution in [-0.2, 0) is 0 Å². The van der Waals surface area contributed by atoms with Gasteiger partial charge < -0.3 is 5.32 Å². The highest BCUT2D eigenvalue weighted by Gasteiger charge is 2.31. The molecule has 0 aromatic rings. The molecule has 102 valence electrons. The van der Waals surface area contributed by atoms with Crippen LogP contribution >= 0.6 is 0 Å².